The third kappa shape index (κ3) is 5.46. The maximum atomic E-state index is 6.48. The zero-order valence-corrected chi connectivity index (χ0v) is 23.5. The van der Waals surface area contributed by atoms with Crippen LogP contribution in [0.25, 0.3) is 5.70 Å². The van der Waals surface area contributed by atoms with Gasteiger partial charge in [0.05, 0.1) is 47.8 Å². The van der Waals surface area contributed by atoms with E-state index in [4.69, 9.17) is 27.9 Å². The fraction of sp³-hybridized carbons (Fsp3) is 0.379. The lowest BCUT2D eigenvalue weighted by Crippen LogP contribution is -2.47. The van der Waals surface area contributed by atoms with Crippen molar-refractivity contribution in [2.75, 3.05) is 70.5 Å². The topological polar surface area (TPSA) is 58.3 Å². The third-order valence-electron chi connectivity index (χ3n) is 7.74. The van der Waals surface area contributed by atoms with Crippen LogP contribution in [0.5, 0.6) is 0 Å². The molecule has 0 aliphatic carbocycles. The van der Waals surface area contributed by atoms with Gasteiger partial charge in [0.25, 0.3) is 0 Å². The highest BCUT2D eigenvalue weighted by molar-refractivity contribution is 6.36. The van der Waals surface area contributed by atoms with E-state index >= 15 is 0 Å². The number of anilines is 1. The molecule has 0 amide bonds. The van der Waals surface area contributed by atoms with Crippen molar-refractivity contribution in [2.24, 2.45) is 0 Å². The second kappa shape index (κ2) is 11.5. The van der Waals surface area contributed by atoms with Gasteiger partial charge in [-0.05, 0) is 24.3 Å². The number of nitrogens with zero attached hydrogens (tertiary/aromatic N) is 4. The van der Waals surface area contributed by atoms with Crippen molar-refractivity contribution in [3.05, 3.63) is 94.3 Å². The van der Waals surface area contributed by atoms with E-state index in [2.05, 4.69) is 90.8 Å². The molecular weight excluding hydrogens is 533 g/mol. The van der Waals surface area contributed by atoms with Gasteiger partial charge in [0.1, 0.15) is 12.0 Å². The number of morpholine rings is 1. The van der Waals surface area contributed by atoms with Crippen LogP contribution in [0.15, 0.2) is 88.8 Å². The smallest absolute Gasteiger partial charge is 0.132 e. The van der Waals surface area contributed by atoms with E-state index in [1.807, 2.05) is 6.20 Å². The average Bonchev–Trinajstić information content (AvgIpc) is 3.35. The number of nitrogens with one attached hydrogen (secondary N) is 3. The lowest BCUT2D eigenvalue weighted by Gasteiger charge is -2.40. The number of ether oxygens (including phenoxy) is 1. The summed E-state index contributed by atoms with van der Waals surface area (Å²) < 4.78 is 5.51. The number of hydrogen-bond donors (Lipinski definition) is 3. The summed E-state index contributed by atoms with van der Waals surface area (Å²) in [5.41, 5.74) is 5.50. The Morgan fingerprint density at radius 1 is 1.00 bits per heavy atom. The predicted octanol–water partition coefficient (Wildman–Crippen LogP) is 3.32. The summed E-state index contributed by atoms with van der Waals surface area (Å²) in [6, 6.07) is 8.82. The van der Waals surface area contributed by atoms with Crippen LogP contribution in [0.4, 0.5) is 5.69 Å². The van der Waals surface area contributed by atoms with Gasteiger partial charge in [-0.3, -0.25) is 0 Å². The number of halogens is 2. The average molecular weight is 569 g/mol. The van der Waals surface area contributed by atoms with E-state index in [-0.39, 0.29) is 6.17 Å². The minimum absolute atomic E-state index is 0.0871. The van der Waals surface area contributed by atoms with Gasteiger partial charge < -0.3 is 40.3 Å². The van der Waals surface area contributed by atoms with Gasteiger partial charge in [0.2, 0.25) is 0 Å². The van der Waals surface area contributed by atoms with E-state index in [0.29, 0.717) is 18.1 Å². The van der Waals surface area contributed by atoms with Crippen molar-refractivity contribution in [1.82, 2.24) is 30.7 Å². The number of piperazine rings is 1. The van der Waals surface area contributed by atoms with E-state index in [0.717, 1.165) is 86.0 Å². The molecule has 0 bridgehead atoms. The highest BCUT2D eigenvalue weighted by atomic mass is 35.5. The second-order valence-electron chi connectivity index (χ2n) is 10.1. The molecule has 8 nitrogen and oxygen atoms in total. The Morgan fingerprint density at radius 3 is 2.51 bits per heavy atom. The van der Waals surface area contributed by atoms with E-state index in [1.54, 1.807) is 0 Å². The van der Waals surface area contributed by atoms with Crippen LogP contribution in [0.1, 0.15) is 5.56 Å². The Kier molecular flexibility index (Phi) is 7.68. The highest BCUT2D eigenvalue weighted by Crippen LogP contribution is 2.31. The van der Waals surface area contributed by atoms with Crippen molar-refractivity contribution >= 4 is 34.6 Å². The van der Waals surface area contributed by atoms with Crippen LogP contribution in [0.3, 0.4) is 0 Å². The van der Waals surface area contributed by atoms with E-state index in [9.17, 15) is 0 Å². The predicted molar refractivity (Wildman–Crippen MR) is 159 cm³/mol. The number of hydrogen-bond acceptors (Lipinski definition) is 8. The van der Waals surface area contributed by atoms with Gasteiger partial charge in [0, 0.05) is 68.6 Å². The van der Waals surface area contributed by atoms with Gasteiger partial charge in [-0.25, -0.2) is 0 Å². The minimum atomic E-state index is 0.0871. The van der Waals surface area contributed by atoms with E-state index < -0.39 is 0 Å². The molecule has 0 radical (unpaired) electrons. The molecule has 1 unspecified atom stereocenters. The van der Waals surface area contributed by atoms with Crippen LogP contribution in [0, 0.1) is 0 Å². The molecule has 5 aliphatic rings. The van der Waals surface area contributed by atoms with Crippen LogP contribution in [-0.4, -0.2) is 86.4 Å². The first-order valence-corrected chi connectivity index (χ1v) is 14.3. The maximum Gasteiger partial charge on any atom is 0.132 e. The molecule has 0 aromatic heterocycles. The first-order valence-electron chi connectivity index (χ1n) is 13.6. The monoisotopic (exact) mass is 567 g/mol. The molecule has 5 aliphatic heterocycles. The zero-order chi connectivity index (χ0) is 26.8. The molecule has 1 aromatic rings. The largest absolute Gasteiger partial charge is 0.385 e. The van der Waals surface area contributed by atoms with Crippen LogP contribution in [-0.2, 0) is 4.74 Å². The molecule has 1 aromatic carbocycles. The number of rotatable bonds is 7. The summed E-state index contributed by atoms with van der Waals surface area (Å²) in [4.78, 5) is 9.24. The van der Waals surface area contributed by atoms with Crippen LogP contribution in [0.2, 0.25) is 0 Å². The van der Waals surface area contributed by atoms with Gasteiger partial charge in [0.15, 0.2) is 0 Å². The lowest BCUT2D eigenvalue weighted by molar-refractivity contribution is 0.122. The molecule has 2 fully saturated rings. The highest BCUT2D eigenvalue weighted by Gasteiger charge is 2.31. The second-order valence-corrected chi connectivity index (χ2v) is 11.0. The summed E-state index contributed by atoms with van der Waals surface area (Å²) in [6.45, 7) is 12.6. The minimum Gasteiger partial charge on any atom is -0.385 e. The van der Waals surface area contributed by atoms with Crippen molar-refractivity contribution in [3.63, 3.8) is 0 Å². The molecule has 0 spiro atoms. The van der Waals surface area contributed by atoms with Gasteiger partial charge in [-0.15, -0.1) is 0 Å². The Balaban J connectivity index is 1.12. The molecule has 39 heavy (non-hydrogen) atoms. The standard InChI is InChI=1S/C29H35Cl2N7O/c1-21(35-10-12-37(13-11-35)28-24(30)19-32-20-25(28)31)18-33-29-27(34-26-4-2-3-9-38(26)29)22-5-7-23(8-6-22)36-14-16-39-17-15-36/h2-9,19,26,32-34H,1,10-18,20H2. The van der Waals surface area contributed by atoms with Gasteiger partial charge in [-0.1, -0.05) is 48.0 Å². The summed E-state index contributed by atoms with van der Waals surface area (Å²) in [7, 11) is 0. The van der Waals surface area contributed by atoms with Crippen LogP contribution >= 0.6 is 23.2 Å². The Hall–Kier alpha value is -3.20. The van der Waals surface area contributed by atoms with Crippen molar-refractivity contribution in [1.29, 1.82) is 0 Å². The number of allylic oxidation sites excluding steroid dienone is 3. The maximum absolute atomic E-state index is 6.48. The number of benzene rings is 1. The van der Waals surface area contributed by atoms with Gasteiger partial charge >= 0.3 is 0 Å². The fourth-order valence-corrected chi connectivity index (χ4v) is 6.27. The quantitative estimate of drug-likeness (QED) is 0.464. The number of dihydropyridines is 1. The van der Waals surface area contributed by atoms with Crippen molar-refractivity contribution < 1.29 is 4.74 Å². The molecule has 1 atom stereocenters. The molecular formula is C29H35Cl2N7O. The Bertz CT molecular complexity index is 1240. The molecule has 6 rings (SSSR count). The normalized spacial score (nSPS) is 23.0. The van der Waals surface area contributed by atoms with Crippen molar-refractivity contribution in [3.8, 4) is 0 Å². The zero-order valence-electron chi connectivity index (χ0n) is 22.0. The van der Waals surface area contributed by atoms with E-state index in [1.165, 1.54) is 5.69 Å². The summed E-state index contributed by atoms with van der Waals surface area (Å²) in [5.74, 6) is 1.06. The molecule has 10 heteroatoms. The third-order valence-corrected chi connectivity index (χ3v) is 8.34. The van der Waals surface area contributed by atoms with Gasteiger partial charge in [-0.2, -0.15) is 0 Å². The summed E-state index contributed by atoms with van der Waals surface area (Å²) in [6.07, 6.45) is 10.4. The Labute approximate surface area is 240 Å². The molecule has 206 valence electrons. The molecule has 0 saturated carbocycles. The van der Waals surface area contributed by atoms with Crippen molar-refractivity contribution in [2.45, 2.75) is 6.17 Å². The van der Waals surface area contributed by atoms with Crippen LogP contribution < -0.4 is 20.9 Å². The molecule has 5 heterocycles. The summed E-state index contributed by atoms with van der Waals surface area (Å²) in [5, 5.41) is 11.9. The summed E-state index contributed by atoms with van der Waals surface area (Å²) >= 11 is 12.9. The fourth-order valence-electron chi connectivity index (χ4n) is 5.61. The molecule has 3 N–H and O–H groups in total. The first kappa shape index (κ1) is 26.0. The number of fused-ring (bicyclic) bond motifs is 1. The molecule has 2 saturated heterocycles. The first-order chi connectivity index (χ1) is 19.1. The Morgan fingerprint density at radius 2 is 1.77 bits per heavy atom. The SMILES string of the molecule is C=C(CNC1=C(c2ccc(N3CCOCC3)cc2)NC2C=CC=CN12)N1CCN(C2=C(Cl)CNC=C2Cl)CC1. The lowest BCUT2D eigenvalue weighted by atomic mass is 10.1.